The average molecular weight is 420 g/mol. The van der Waals surface area contributed by atoms with Gasteiger partial charge in [0.1, 0.15) is 0 Å². The van der Waals surface area contributed by atoms with E-state index in [0.717, 1.165) is 10.6 Å². The number of carbonyl (C=O) groups is 2. The third-order valence-corrected chi connectivity index (χ3v) is 5.59. The zero-order valence-electron chi connectivity index (χ0n) is 16.9. The third-order valence-electron chi connectivity index (χ3n) is 4.70. The van der Waals surface area contributed by atoms with Crippen LogP contribution in [0.1, 0.15) is 27.6 Å². The number of rotatable bonds is 5. The monoisotopic (exact) mass is 419 g/mol. The third kappa shape index (κ3) is 3.69. The largest absolute Gasteiger partial charge is 0.345 e. The second-order valence-electron chi connectivity index (χ2n) is 6.96. The van der Waals surface area contributed by atoms with E-state index >= 15 is 0 Å². The highest BCUT2D eigenvalue weighted by Crippen LogP contribution is 2.28. The molecule has 4 aromatic rings. The van der Waals surface area contributed by atoms with E-state index in [2.05, 4.69) is 10.4 Å². The highest BCUT2D eigenvalue weighted by atomic mass is 32.1. The lowest BCUT2D eigenvalue weighted by molar-refractivity contribution is 0.0827. The summed E-state index contributed by atoms with van der Waals surface area (Å²) in [7, 11) is 3.39. The van der Waals surface area contributed by atoms with Crippen LogP contribution in [-0.2, 0) is 6.54 Å². The summed E-state index contributed by atoms with van der Waals surface area (Å²) in [5, 5.41) is 9.95. The Morgan fingerprint density at radius 2 is 2.00 bits per heavy atom. The van der Waals surface area contributed by atoms with E-state index in [-0.39, 0.29) is 11.8 Å². The first-order chi connectivity index (χ1) is 14.5. The van der Waals surface area contributed by atoms with E-state index in [1.54, 1.807) is 66.6 Å². The van der Waals surface area contributed by atoms with Crippen molar-refractivity contribution in [1.82, 2.24) is 19.7 Å². The molecule has 8 heteroatoms. The molecule has 152 valence electrons. The number of hydrogen-bond acceptors (Lipinski definition) is 5. The molecule has 7 nitrogen and oxygen atoms in total. The SMILES string of the molecule is CCn1ncc2c(C(=O)Nc3cccc(C(=O)N(C)C)c3)cc(-c3cccs3)nc21. The van der Waals surface area contributed by atoms with Crippen molar-refractivity contribution in [2.24, 2.45) is 0 Å². The Morgan fingerprint density at radius 3 is 2.70 bits per heavy atom. The molecule has 3 aromatic heterocycles. The van der Waals surface area contributed by atoms with Crippen molar-refractivity contribution in [2.75, 3.05) is 19.4 Å². The van der Waals surface area contributed by atoms with E-state index in [1.165, 1.54) is 4.90 Å². The molecule has 0 unspecified atom stereocenters. The van der Waals surface area contributed by atoms with Crippen molar-refractivity contribution >= 4 is 39.9 Å². The molecule has 0 spiro atoms. The molecule has 0 radical (unpaired) electrons. The number of carbonyl (C=O) groups excluding carboxylic acids is 2. The van der Waals surface area contributed by atoms with Crippen LogP contribution in [0.2, 0.25) is 0 Å². The van der Waals surface area contributed by atoms with Crippen LogP contribution >= 0.6 is 11.3 Å². The number of amides is 2. The first-order valence-corrected chi connectivity index (χ1v) is 10.4. The van der Waals surface area contributed by atoms with Crippen LogP contribution in [0.25, 0.3) is 21.6 Å². The minimum Gasteiger partial charge on any atom is -0.345 e. The van der Waals surface area contributed by atoms with E-state index < -0.39 is 0 Å². The van der Waals surface area contributed by atoms with Crippen molar-refractivity contribution in [2.45, 2.75) is 13.5 Å². The van der Waals surface area contributed by atoms with Gasteiger partial charge in [0.2, 0.25) is 0 Å². The van der Waals surface area contributed by atoms with Gasteiger partial charge in [-0.3, -0.25) is 9.59 Å². The summed E-state index contributed by atoms with van der Waals surface area (Å²) in [6.07, 6.45) is 1.67. The summed E-state index contributed by atoms with van der Waals surface area (Å²) < 4.78 is 1.78. The van der Waals surface area contributed by atoms with E-state index in [1.807, 2.05) is 24.4 Å². The number of aromatic nitrogens is 3. The van der Waals surface area contributed by atoms with Gasteiger partial charge in [-0.2, -0.15) is 5.10 Å². The number of pyridine rings is 1. The number of thiophene rings is 1. The van der Waals surface area contributed by atoms with Crippen LogP contribution in [0.5, 0.6) is 0 Å². The van der Waals surface area contributed by atoms with Gasteiger partial charge in [-0.25, -0.2) is 9.67 Å². The fraction of sp³-hybridized carbons (Fsp3) is 0.182. The molecule has 2 amide bonds. The summed E-state index contributed by atoms with van der Waals surface area (Å²) in [6, 6.07) is 12.6. The van der Waals surface area contributed by atoms with Crippen molar-refractivity contribution in [3.63, 3.8) is 0 Å². The minimum absolute atomic E-state index is 0.124. The van der Waals surface area contributed by atoms with E-state index in [9.17, 15) is 9.59 Å². The molecule has 1 N–H and O–H groups in total. The first kappa shape index (κ1) is 19.8. The van der Waals surface area contributed by atoms with Gasteiger partial charge in [-0.15, -0.1) is 11.3 Å². The van der Waals surface area contributed by atoms with E-state index in [4.69, 9.17) is 4.98 Å². The average Bonchev–Trinajstić information content (AvgIpc) is 3.42. The molecule has 0 aliphatic heterocycles. The Bertz CT molecular complexity index is 1230. The van der Waals surface area contributed by atoms with Gasteiger partial charge in [0, 0.05) is 31.9 Å². The second-order valence-corrected chi connectivity index (χ2v) is 7.91. The Labute approximate surface area is 178 Å². The molecule has 0 fully saturated rings. The molecular formula is C22H21N5O2S. The van der Waals surface area contributed by atoms with Gasteiger partial charge in [-0.05, 0) is 42.6 Å². The summed E-state index contributed by atoms with van der Waals surface area (Å²) in [4.78, 5) is 32.6. The fourth-order valence-electron chi connectivity index (χ4n) is 3.20. The lowest BCUT2D eigenvalue weighted by Gasteiger charge is -2.12. The molecule has 4 rings (SSSR count). The van der Waals surface area contributed by atoms with Gasteiger partial charge >= 0.3 is 0 Å². The Morgan fingerprint density at radius 1 is 1.17 bits per heavy atom. The van der Waals surface area contributed by atoms with Gasteiger partial charge in [0.25, 0.3) is 11.8 Å². The Balaban J connectivity index is 1.74. The normalized spacial score (nSPS) is 10.9. The molecule has 0 bridgehead atoms. The zero-order chi connectivity index (χ0) is 21.3. The Kier molecular flexibility index (Phi) is 5.33. The lowest BCUT2D eigenvalue weighted by atomic mass is 10.1. The van der Waals surface area contributed by atoms with Crippen LogP contribution in [0.3, 0.4) is 0 Å². The number of nitrogens with zero attached hydrogens (tertiary/aromatic N) is 4. The first-order valence-electron chi connectivity index (χ1n) is 9.51. The van der Waals surface area contributed by atoms with E-state index in [0.29, 0.717) is 34.4 Å². The van der Waals surface area contributed by atoms with Crippen LogP contribution in [0.15, 0.2) is 54.0 Å². The summed E-state index contributed by atoms with van der Waals surface area (Å²) >= 11 is 1.57. The molecule has 0 saturated heterocycles. The number of nitrogens with one attached hydrogen (secondary N) is 1. The van der Waals surface area contributed by atoms with Gasteiger partial charge in [0.05, 0.1) is 27.7 Å². The second kappa shape index (κ2) is 8.08. The van der Waals surface area contributed by atoms with Crippen LogP contribution in [0, 0.1) is 0 Å². The quantitative estimate of drug-likeness (QED) is 0.527. The fourth-order valence-corrected chi connectivity index (χ4v) is 3.89. The Hall–Kier alpha value is -3.52. The maximum absolute atomic E-state index is 13.2. The number of hydrogen-bond donors (Lipinski definition) is 1. The maximum Gasteiger partial charge on any atom is 0.256 e. The van der Waals surface area contributed by atoms with Crippen molar-refractivity contribution in [3.05, 3.63) is 65.2 Å². The molecule has 1 aromatic carbocycles. The molecular weight excluding hydrogens is 398 g/mol. The minimum atomic E-state index is -0.273. The number of aryl methyl sites for hydroxylation is 1. The summed E-state index contributed by atoms with van der Waals surface area (Å²) in [5.74, 6) is -0.396. The highest BCUT2D eigenvalue weighted by molar-refractivity contribution is 7.13. The molecule has 0 aliphatic rings. The van der Waals surface area contributed by atoms with Crippen molar-refractivity contribution in [3.8, 4) is 10.6 Å². The summed E-state index contributed by atoms with van der Waals surface area (Å²) in [5.41, 5.74) is 2.96. The number of anilines is 1. The number of fused-ring (bicyclic) bond motifs is 1. The van der Waals surface area contributed by atoms with Gasteiger partial charge < -0.3 is 10.2 Å². The van der Waals surface area contributed by atoms with Crippen LogP contribution < -0.4 is 5.32 Å². The van der Waals surface area contributed by atoms with Gasteiger partial charge in [0.15, 0.2) is 5.65 Å². The topological polar surface area (TPSA) is 80.1 Å². The van der Waals surface area contributed by atoms with Crippen LogP contribution in [0.4, 0.5) is 5.69 Å². The predicted octanol–water partition coefficient (Wildman–Crippen LogP) is 4.13. The summed E-state index contributed by atoms with van der Waals surface area (Å²) in [6.45, 7) is 2.64. The predicted molar refractivity (Wildman–Crippen MR) is 119 cm³/mol. The maximum atomic E-state index is 13.2. The molecule has 30 heavy (non-hydrogen) atoms. The van der Waals surface area contributed by atoms with Crippen molar-refractivity contribution < 1.29 is 9.59 Å². The highest BCUT2D eigenvalue weighted by Gasteiger charge is 2.18. The smallest absolute Gasteiger partial charge is 0.256 e. The lowest BCUT2D eigenvalue weighted by Crippen LogP contribution is -2.22. The molecule has 3 heterocycles. The van der Waals surface area contributed by atoms with Crippen LogP contribution in [-0.4, -0.2) is 45.6 Å². The van der Waals surface area contributed by atoms with Crippen molar-refractivity contribution in [1.29, 1.82) is 0 Å². The molecule has 0 saturated carbocycles. The molecule has 0 atom stereocenters. The number of benzene rings is 1. The van der Waals surface area contributed by atoms with Gasteiger partial charge in [-0.1, -0.05) is 12.1 Å². The molecule has 0 aliphatic carbocycles. The standard InChI is InChI=1S/C22H21N5O2S/c1-4-27-20-17(13-23-27)16(12-18(25-20)19-9-6-10-30-19)21(28)24-15-8-5-7-14(11-15)22(29)26(2)3/h5-13H,4H2,1-3H3,(H,24,28). The zero-order valence-corrected chi connectivity index (χ0v) is 17.7.